The molecule has 0 bridgehead atoms. The summed E-state index contributed by atoms with van der Waals surface area (Å²) in [5.41, 5.74) is 1.13. The molecular formula is C24H26ClN3O2S2. The second-order valence-electron chi connectivity index (χ2n) is 7.70. The number of sulfonamides is 1. The Morgan fingerprint density at radius 3 is 2.44 bits per heavy atom. The summed E-state index contributed by atoms with van der Waals surface area (Å²) in [6.45, 7) is 3.01. The van der Waals surface area contributed by atoms with Crippen molar-refractivity contribution in [3.05, 3.63) is 83.5 Å². The molecule has 0 N–H and O–H groups in total. The van der Waals surface area contributed by atoms with Gasteiger partial charge in [0.1, 0.15) is 5.82 Å². The molecule has 0 amide bonds. The molecule has 1 saturated heterocycles. The van der Waals surface area contributed by atoms with Crippen molar-refractivity contribution in [2.75, 3.05) is 17.4 Å². The van der Waals surface area contributed by atoms with Crippen LogP contribution in [0.1, 0.15) is 25.3 Å². The fraction of sp³-hybridized carbons (Fsp3) is 0.292. The maximum Gasteiger partial charge on any atom is 0.243 e. The van der Waals surface area contributed by atoms with Crippen molar-refractivity contribution >= 4 is 39.4 Å². The molecule has 0 spiro atoms. The lowest BCUT2D eigenvalue weighted by atomic mass is 10.1. The summed E-state index contributed by atoms with van der Waals surface area (Å²) in [6, 6.07) is 21.0. The zero-order chi connectivity index (χ0) is 22.6. The monoisotopic (exact) mass is 487 g/mol. The van der Waals surface area contributed by atoms with Gasteiger partial charge in [-0.15, -0.1) is 0 Å². The van der Waals surface area contributed by atoms with Crippen LogP contribution in [-0.2, 0) is 16.4 Å². The topological polar surface area (TPSA) is 53.5 Å². The Bertz CT molecular complexity index is 1130. The van der Waals surface area contributed by atoms with Gasteiger partial charge in [-0.2, -0.15) is 4.31 Å². The molecule has 3 aromatic rings. The van der Waals surface area contributed by atoms with E-state index in [1.165, 1.54) is 0 Å². The largest absolute Gasteiger partial charge is 0.293 e. The van der Waals surface area contributed by atoms with Gasteiger partial charge in [0.15, 0.2) is 0 Å². The van der Waals surface area contributed by atoms with Crippen LogP contribution in [0.15, 0.2) is 82.7 Å². The number of rotatable bonds is 7. The molecule has 0 saturated carbocycles. The third-order valence-corrected chi connectivity index (χ3v) is 8.89. The maximum absolute atomic E-state index is 13.1. The number of piperidine rings is 1. The van der Waals surface area contributed by atoms with Gasteiger partial charge < -0.3 is 0 Å². The average molecular weight is 488 g/mol. The van der Waals surface area contributed by atoms with Gasteiger partial charge in [0, 0.05) is 35.2 Å². The number of hydrogen-bond acceptors (Lipinski definition) is 5. The van der Waals surface area contributed by atoms with Gasteiger partial charge in [0.2, 0.25) is 10.0 Å². The molecular weight excluding hydrogens is 462 g/mol. The zero-order valence-electron chi connectivity index (χ0n) is 17.9. The second kappa shape index (κ2) is 10.3. The summed E-state index contributed by atoms with van der Waals surface area (Å²) in [6.07, 6.45) is 4.10. The van der Waals surface area contributed by atoms with Crippen molar-refractivity contribution in [2.24, 2.45) is 0 Å². The molecule has 4 rings (SSSR count). The van der Waals surface area contributed by atoms with Crippen LogP contribution >= 0.6 is 23.5 Å². The number of aromatic nitrogens is 1. The van der Waals surface area contributed by atoms with Crippen molar-refractivity contribution in [3.63, 3.8) is 0 Å². The second-order valence-corrected chi connectivity index (χ2v) is 11.1. The first-order valence-corrected chi connectivity index (χ1v) is 13.3. The van der Waals surface area contributed by atoms with E-state index in [0.29, 0.717) is 23.0 Å². The third-order valence-electron chi connectivity index (χ3n) is 5.60. The molecule has 0 radical (unpaired) electrons. The normalized spacial score (nSPS) is 15.6. The Labute approximate surface area is 199 Å². The fourth-order valence-corrected chi connectivity index (χ4v) is 6.63. The first-order valence-electron chi connectivity index (χ1n) is 10.7. The Hall–Kier alpha value is -2.06. The number of aryl methyl sites for hydroxylation is 1. The molecule has 2 heterocycles. The van der Waals surface area contributed by atoms with Gasteiger partial charge in [0.25, 0.3) is 0 Å². The van der Waals surface area contributed by atoms with E-state index in [2.05, 4.69) is 16.2 Å². The van der Waals surface area contributed by atoms with Crippen molar-refractivity contribution in [1.82, 2.24) is 9.29 Å². The third kappa shape index (κ3) is 5.29. The minimum atomic E-state index is -3.49. The summed E-state index contributed by atoms with van der Waals surface area (Å²) >= 11 is 7.78. The number of pyridine rings is 1. The van der Waals surface area contributed by atoms with E-state index in [4.69, 9.17) is 11.6 Å². The summed E-state index contributed by atoms with van der Waals surface area (Å²) in [7, 11) is -3.49. The molecule has 1 aromatic heterocycles. The van der Waals surface area contributed by atoms with Crippen LogP contribution in [0, 0.1) is 0 Å². The maximum atomic E-state index is 13.1. The number of nitrogens with zero attached hydrogens (tertiary/aromatic N) is 3. The average Bonchev–Trinajstić information content (AvgIpc) is 2.83. The predicted octanol–water partition coefficient (Wildman–Crippen LogP) is 5.66. The van der Waals surface area contributed by atoms with Gasteiger partial charge in [0.05, 0.1) is 4.90 Å². The van der Waals surface area contributed by atoms with Gasteiger partial charge in [-0.05, 0) is 79.2 Å². The van der Waals surface area contributed by atoms with E-state index in [1.54, 1.807) is 34.6 Å². The summed E-state index contributed by atoms with van der Waals surface area (Å²) < 4.78 is 30.1. The molecule has 1 aliphatic rings. The molecule has 5 nitrogen and oxygen atoms in total. The van der Waals surface area contributed by atoms with Crippen LogP contribution in [0.25, 0.3) is 0 Å². The van der Waals surface area contributed by atoms with Crippen LogP contribution in [0.4, 0.5) is 5.82 Å². The SMILES string of the molecule is CCc1ccc(S(=O)(=O)N2CCC(N(Sc3cccc(Cl)c3)c3ccccn3)CC2)cc1. The molecule has 32 heavy (non-hydrogen) atoms. The van der Waals surface area contributed by atoms with E-state index in [1.807, 2.05) is 54.6 Å². The lowest BCUT2D eigenvalue weighted by molar-refractivity contribution is 0.322. The highest BCUT2D eigenvalue weighted by Crippen LogP contribution is 2.35. The van der Waals surface area contributed by atoms with Crippen molar-refractivity contribution in [3.8, 4) is 0 Å². The Balaban J connectivity index is 1.50. The first kappa shape index (κ1) is 23.1. The highest BCUT2D eigenvalue weighted by Gasteiger charge is 2.32. The Morgan fingerprint density at radius 1 is 1.06 bits per heavy atom. The molecule has 8 heteroatoms. The summed E-state index contributed by atoms with van der Waals surface area (Å²) in [4.78, 5) is 5.93. The number of halogens is 1. The number of benzene rings is 2. The number of anilines is 1. The molecule has 2 aromatic carbocycles. The number of hydrogen-bond donors (Lipinski definition) is 0. The van der Waals surface area contributed by atoms with Crippen LogP contribution in [0.2, 0.25) is 5.02 Å². The van der Waals surface area contributed by atoms with Gasteiger partial charge >= 0.3 is 0 Å². The first-order chi connectivity index (χ1) is 15.5. The van der Waals surface area contributed by atoms with E-state index in [-0.39, 0.29) is 6.04 Å². The van der Waals surface area contributed by atoms with E-state index in [0.717, 1.165) is 35.5 Å². The van der Waals surface area contributed by atoms with Crippen LogP contribution in [0.5, 0.6) is 0 Å². The smallest absolute Gasteiger partial charge is 0.243 e. The zero-order valence-corrected chi connectivity index (χ0v) is 20.3. The Morgan fingerprint density at radius 2 is 1.81 bits per heavy atom. The molecule has 0 aliphatic carbocycles. The summed E-state index contributed by atoms with van der Waals surface area (Å²) in [5.74, 6) is 0.855. The van der Waals surface area contributed by atoms with Crippen molar-refractivity contribution in [1.29, 1.82) is 0 Å². The standard InChI is InChI=1S/C24H26ClN3O2S2/c1-2-19-9-11-23(12-10-19)32(29,30)27-16-13-21(14-17-27)28(24-8-3-4-15-26-24)31-22-7-5-6-20(25)18-22/h3-12,15,18,21H,2,13-14,16-17H2,1H3. The van der Waals surface area contributed by atoms with Gasteiger partial charge in [-0.3, -0.25) is 4.31 Å². The van der Waals surface area contributed by atoms with Gasteiger partial charge in [-0.25, -0.2) is 13.4 Å². The van der Waals surface area contributed by atoms with Crippen molar-refractivity contribution in [2.45, 2.75) is 42.0 Å². The lowest BCUT2D eigenvalue weighted by Crippen LogP contribution is -2.45. The lowest BCUT2D eigenvalue weighted by Gasteiger charge is -2.37. The van der Waals surface area contributed by atoms with E-state index >= 15 is 0 Å². The van der Waals surface area contributed by atoms with E-state index < -0.39 is 10.0 Å². The minimum absolute atomic E-state index is 0.155. The highest BCUT2D eigenvalue weighted by atomic mass is 35.5. The quantitative estimate of drug-likeness (QED) is 0.402. The van der Waals surface area contributed by atoms with Crippen LogP contribution < -0.4 is 4.31 Å². The van der Waals surface area contributed by atoms with Gasteiger partial charge in [-0.1, -0.05) is 42.8 Å². The molecule has 1 fully saturated rings. The van der Waals surface area contributed by atoms with E-state index in [9.17, 15) is 8.42 Å². The van der Waals surface area contributed by atoms with Crippen molar-refractivity contribution < 1.29 is 8.42 Å². The highest BCUT2D eigenvalue weighted by molar-refractivity contribution is 8.00. The fourth-order valence-electron chi connectivity index (χ4n) is 3.79. The Kier molecular flexibility index (Phi) is 7.40. The minimum Gasteiger partial charge on any atom is -0.293 e. The molecule has 1 aliphatic heterocycles. The summed E-state index contributed by atoms with van der Waals surface area (Å²) in [5, 5.41) is 0.686. The molecule has 0 unspecified atom stereocenters. The van der Waals surface area contributed by atoms with Crippen LogP contribution in [-0.4, -0.2) is 36.8 Å². The molecule has 168 valence electrons. The van der Waals surface area contributed by atoms with Crippen LogP contribution in [0.3, 0.4) is 0 Å². The molecule has 0 atom stereocenters. The predicted molar refractivity (Wildman–Crippen MR) is 132 cm³/mol.